The lowest BCUT2D eigenvalue weighted by Crippen LogP contribution is -2.56. The van der Waals surface area contributed by atoms with E-state index < -0.39 is 68.1 Å². The van der Waals surface area contributed by atoms with E-state index in [-0.39, 0.29) is 37.1 Å². The van der Waals surface area contributed by atoms with Crippen molar-refractivity contribution in [3.63, 3.8) is 0 Å². The number of carbonyl (C=O) groups excluding carboxylic acids is 4. The molecule has 0 bridgehead atoms. The van der Waals surface area contributed by atoms with Gasteiger partial charge < -0.3 is 20.1 Å². The fourth-order valence-corrected chi connectivity index (χ4v) is 9.12. The Morgan fingerprint density at radius 3 is 2.34 bits per heavy atom. The van der Waals surface area contributed by atoms with Crippen LogP contribution in [0.1, 0.15) is 97.4 Å². The summed E-state index contributed by atoms with van der Waals surface area (Å²) in [4.78, 5) is 57.3. The van der Waals surface area contributed by atoms with E-state index in [9.17, 15) is 27.6 Å². The second-order valence-corrected chi connectivity index (χ2v) is 18.0. The number of carbonyl (C=O) groups is 4. The first-order valence-electron chi connectivity index (χ1n) is 18.6. The summed E-state index contributed by atoms with van der Waals surface area (Å²) in [7, 11) is -2.31. The van der Waals surface area contributed by atoms with Gasteiger partial charge in [-0.2, -0.15) is 4.80 Å². The van der Waals surface area contributed by atoms with Gasteiger partial charge in [0, 0.05) is 17.4 Å². The fraction of sp³-hybridized carbons (Fsp3) is 0.649. The Kier molecular flexibility index (Phi) is 11.0. The topological polar surface area (TPSA) is 201 Å². The summed E-state index contributed by atoms with van der Waals surface area (Å²) >= 11 is 0. The summed E-state index contributed by atoms with van der Waals surface area (Å²) < 4.78 is 38.7. The molecular weight excluding hydrogens is 703 g/mol. The largest absolute Gasteiger partial charge is 0.497 e. The lowest BCUT2D eigenvalue weighted by Gasteiger charge is -2.34. The van der Waals surface area contributed by atoms with Crippen LogP contribution in [0.15, 0.2) is 36.9 Å². The molecule has 4 saturated carbocycles. The Bertz CT molecular complexity index is 1810. The molecule has 288 valence electrons. The van der Waals surface area contributed by atoms with Crippen LogP contribution >= 0.6 is 0 Å². The highest BCUT2D eigenvalue weighted by Crippen LogP contribution is 2.49. The lowest BCUT2D eigenvalue weighted by molar-refractivity contribution is -0.137. The molecule has 0 aliphatic heterocycles. The van der Waals surface area contributed by atoms with Crippen LogP contribution in [0.25, 0.3) is 11.4 Å². The summed E-state index contributed by atoms with van der Waals surface area (Å²) in [6.45, 7) is 9.27. The number of methoxy groups -OCH3 is 1. The van der Waals surface area contributed by atoms with Crippen LogP contribution in [0.4, 0.5) is 4.79 Å². The van der Waals surface area contributed by atoms with E-state index >= 15 is 0 Å². The van der Waals surface area contributed by atoms with Crippen molar-refractivity contribution in [1.82, 2.24) is 35.6 Å². The maximum Gasteiger partial charge on any atom is 0.408 e. The third-order valence-electron chi connectivity index (χ3n) is 11.1. The van der Waals surface area contributed by atoms with Gasteiger partial charge in [0.25, 0.3) is 5.91 Å². The van der Waals surface area contributed by atoms with Crippen molar-refractivity contribution in [2.24, 2.45) is 23.2 Å². The number of Topliss-reactive ketones (excluding diaryl/α,β-unsaturated/α-hetero) is 1. The second-order valence-electron chi connectivity index (χ2n) is 16.1. The van der Waals surface area contributed by atoms with E-state index in [1.807, 2.05) is 20.8 Å². The van der Waals surface area contributed by atoms with Crippen molar-refractivity contribution in [2.75, 3.05) is 7.11 Å². The molecule has 1 aromatic heterocycles. The molecule has 1 heterocycles. The minimum Gasteiger partial charge on any atom is -0.497 e. The van der Waals surface area contributed by atoms with E-state index in [0.29, 0.717) is 36.4 Å². The van der Waals surface area contributed by atoms with Gasteiger partial charge in [-0.25, -0.2) is 13.2 Å². The standard InChI is InChI=1S/C37H51N7O8S/c1-6-10-23-21-37(23,34(47)42-53(49,50)27-17-18-27)39-33(46)29-20-24(44-41-32(40-43-44)22-13-15-25(51-5)16-14-22)19-28(29)30(45)31(36(2,3)4)38-35(48)52-26-11-8-7-9-12-26/h6,13-16,23-24,26-29,31H,1,7-12,17-21H2,2-5H3,(H,38,48)(H,39,46)(H,42,47)/t23-,24+,28?,29-,31?,37+/m1/s1. The Morgan fingerprint density at radius 2 is 1.72 bits per heavy atom. The van der Waals surface area contributed by atoms with Gasteiger partial charge in [0.2, 0.25) is 21.8 Å². The summed E-state index contributed by atoms with van der Waals surface area (Å²) in [6.07, 6.45) is 7.12. The van der Waals surface area contributed by atoms with Crippen LogP contribution in [0.3, 0.4) is 0 Å². The summed E-state index contributed by atoms with van der Waals surface area (Å²) in [5.41, 5.74) is -1.53. The van der Waals surface area contributed by atoms with Crippen molar-refractivity contribution < 1.29 is 37.1 Å². The number of sulfonamides is 1. The molecule has 3 N–H and O–H groups in total. The second kappa shape index (κ2) is 15.2. The summed E-state index contributed by atoms with van der Waals surface area (Å²) in [5, 5.41) is 18.2. The van der Waals surface area contributed by atoms with Crippen molar-refractivity contribution in [1.29, 1.82) is 0 Å². The third-order valence-corrected chi connectivity index (χ3v) is 12.9. The molecule has 53 heavy (non-hydrogen) atoms. The molecule has 4 aliphatic carbocycles. The first kappa shape index (κ1) is 38.4. The van der Waals surface area contributed by atoms with Gasteiger partial charge in [0.05, 0.1) is 24.4 Å². The van der Waals surface area contributed by atoms with Gasteiger partial charge in [-0.05, 0) is 105 Å². The van der Waals surface area contributed by atoms with Gasteiger partial charge >= 0.3 is 6.09 Å². The monoisotopic (exact) mass is 753 g/mol. The zero-order valence-corrected chi connectivity index (χ0v) is 31.7. The van der Waals surface area contributed by atoms with Gasteiger partial charge in [0.15, 0.2) is 5.78 Å². The average molecular weight is 754 g/mol. The number of alkyl carbamates (subject to hydrolysis) is 1. The normalized spacial score (nSPS) is 26.6. The predicted molar refractivity (Wildman–Crippen MR) is 194 cm³/mol. The molecule has 2 unspecified atom stereocenters. The van der Waals surface area contributed by atoms with E-state index in [1.165, 1.54) is 4.80 Å². The number of hydrogen-bond acceptors (Lipinski definition) is 11. The molecule has 15 nitrogen and oxygen atoms in total. The van der Waals surface area contributed by atoms with Crippen molar-refractivity contribution in [3.8, 4) is 17.1 Å². The summed E-state index contributed by atoms with van der Waals surface area (Å²) in [6, 6.07) is 5.61. The van der Waals surface area contributed by atoms with Gasteiger partial charge in [-0.3, -0.25) is 19.1 Å². The number of aromatic nitrogens is 4. The van der Waals surface area contributed by atoms with E-state index in [1.54, 1.807) is 37.5 Å². The molecule has 0 radical (unpaired) electrons. The molecule has 0 saturated heterocycles. The molecule has 4 aliphatic rings. The molecule has 3 amide bonds. The predicted octanol–water partition coefficient (Wildman–Crippen LogP) is 4.02. The van der Waals surface area contributed by atoms with Gasteiger partial charge in [-0.1, -0.05) is 33.3 Å². The molecular formula is C37H51N7O8S. The van der Waals surface area contributed by atoms with Gasteiger partial charge in [-0.15, -0.1) is 16.8 Å². The smallest absolute Gasteiger partial charge is 0.408 e. The molecule has 6 rings (SSSR count). The number of ketones is 1. The minimum absolute atomic E-state index is 0.133. The molecule has 4 fully saturated rings. The lowest BCUT2D eigenvalue weighted by atomic mass is 9.77. The number of nitrogens with one attached hydrogen (secondary N) is 3. The minimum atomic E-state index is -3.88. The Morgan fingerprint density at radius 1 is 1.04 bits per heavy atom. The first-order valence-corrected chi connectivity index (χ1v) is 20.1. The third kappa shape index (κ3) is 8.57. The molecule has 16 heteroatoms. The SMILES string of the molecule is C=CC[C@@H]1C[C@@]1(NC(=O)[C@@H]1C[C@@H](n2nnc(-c3ccc(OC)cc3)n2)CC1C(=O)C(NC(=O)OC1CCCCC1)C(C)(C)C)C(=O)NS(=O)(=O)C1CC1. The Balaban J connectivity index is 1.27. The number of allylic oxidation sites excluding steroid dienone is 1. The van der Waals surface area contributed by atoms with E-state index in [4.69, 9.17) is 9.47 Å². The molecule has 0 spiro atoms. The quantitative estimate of drug-likeness (QED) is 0.236. The van der Waals surface area contributed by atoms with E-state index in [2.05, 4.69) is 37.3 Å². The highest BCUT2D eigenvalue weighted by molar-refractivity contribution is 7.91. The molecule has 2 aromatic rings. The van der Waals surface area contributed by atoms with Crippen LogP contribution in [-0.2, 0) is 29.1 Å². The van der Waals surface area contributed by atoms with Gasteiger partial charge in [0.1, 0.15) is 17.4 Å². The maximum atomic E-state index is 14.7. The zero-order chi connectivity index (χ0) is 38.1. The highest BCUT2D eigenvalue weighted by atomic mass is 32.2. The number of rotatable bonds is 14. The highest BCUT2D eigenvalue weighted by Gasteiger charge is 2.62. The van der Waals surface area contributed by atoms with Crippen LogP contribution in [-0.4, -0.2) is 82.4 Å². The number of hydrogen-bond donors (Lipinski definition) is 3. The number of amides is 3. The van der Waals surface area contributed by atoms with Crippen LogP contribution in [0.2, 0.25) is 0 Å². The number of ether oxygens (including phenoxy) is 2. The summed E-state index contributed by atoms with van der Waals surface area (Å²) in [5.74, 6) is -2.94. The number of tetrazole rings is 1. The molecule has 6 atom stereocenters. The van der Waals surface area contributed by atoms with Crippen molar-refractivity contribution in [2.45, 2.75) is 120 Å². The Hall–Kier alpha value is -4.34. The van der Waals surface area contributed by atoms with Crippen molar-refractivity contribution in [3.05, 3.63) is 36.9 Å². The van der Waals surface area contributed by atoms with Crippen LogP contribution < -0.4 is 20.1 Å². The maximum absolute atomic E-state index is 14.7. The number of benzene rings is 1. The first-order chi connectivity index (χ1) is 25.1. The average Bonchev–Trinajstić information content (AvgIpc) is 3.99. The van der Waals surface area contributed by atoms with Crippen LogP contribution in [0, 0.1) is 23.2 Å². The fourth-order valence-electron chi connectivity index (χ4n) is 7.75. The zero-order valence-electron chi connectivity index (χ0n) is 30.9. The number of nitrogens with zero attached hydrogens (tertiary/aromatic N) is 4. The molecule has 1 aromatic carbocycles. The van der Waals surface area contributed by atoms with Crippen LogP contribution in [0.5, 0.6) is 5.75 Å². The van der Waals surface area contributed by atoms with E-state index in [0.717, 1.165) is 32.1 Å². The van der Waals surface area contributed by atoms with Crippen molar-refractivity contribution >= 4 is 33.7 Å². The Labute approximate surface area is 310 Å².